The highest BCUT2D eigenvalue weighted by atomic mass is 16.2. The second kappa shape index (κ2) is 8.06. The molecule has 0 spiro atoms. The van der Waals surface area contributed by atoms with Gasteiger partial charge in [-0.2, -0.15) is 0 Å². The molecule has 6 nitrogen and oxygen atoms in total. The van der Waals surface area contributed by atoms with Gasteiger partial charge in [0.2, 0.25) is 0 Å². The van der Waals surface area contributed by atoms with Crippen LogP contribution in [0.15, 0.2) is 87.5 Å². The second-order valence-corrected chi connectivity index (χ2v) is 6.81. The van der Waals surface area contributed by atoms with Crippen molar-refractivity contribution in [3.05, 3.63) is 110 Å². The number of fused-ring (bicyclic) bond motifs is 1. The minimum absolute atomic E-state index is 0.217. The lowest BCUT2D eigenvalue weighted by Crippen LogP contribution is -2.39. The van der Waals surface area contributed by atoms with Gasteiger partial charge in [0.15, 0.2) is 0 Å². The molecule has 2 heterocycles. The van der Waals surface area contributed by atoms with Gasteiger partial charge in [0.1, 0.15) is 5.65 Å². The first-order chi connectivity index (χ1) is 14.1. The van der Waals surface area contributed by atoms with Crippen LogP contribution in [0.3, 0.4) is 0 Å². The monoisotopic (exact) mass is 384 g/mol. The Morgan fingerprint density at radius 1 is 0.966 bits per heavy atom. The van der Waals surface area contributed by atoms with E-state index in [0.717, 1.165) is 16.7 Å². The Bertz CT molecular complexity index is 1290. The van der Waals surface area contributed by atoms with Crippen LogP contribution in [0.25, 0.3) is 11.0 Å². The number of aryl methyl sites for hydroxylation is 1. The number of pyridine rings is 1. The van der Waals surface area contributed by atoms with E-state index in [4.69, 9.17) is 0 Å². The summed E-state index contributed by atoms with van der Waals surface area (Å²) in [7, 11) is 1.63. The zero-order valence-corrected chi connectivity index (χ0v) is 16.0. The average molecular weight is 384 g/mol. The maximum absolute atomic E-state index is 13.0. The third-order valence-corrected chi connectivity index (χ3v) is 4.74. The fourth-order valence-corrected chi connectivity index (χ4v) is 3.22. The van der Waals surface area contributed by atoms with E-state index in [0.29, 0.717) is 17.6 Å². The molecule has 0 fully saturated rings. The predicted molar refractivity (Wildman–Crippen MR) is 115 cm³/mol. The van der Waals surface area contributed by atoms with E-state index in [1.54, 1.807) is 25.5 Å². The van der Waals surface area contributed by atoms with E-state index >= 15 is 0 Å². The molecule has 144 valence electrons. The number of aromatic nitrogens is 3. The molecule has 0 aliphatic carbocycles. The molecule has 4 aromatic rings. The maximum Gasteiger partial charge on any atom is 0.332 e. The zero-order chi connectivity index (χ0) is 20.2. The van der Waals surface area contributed by atoms with Crippen LogP contribution in [0.1, 0.15) is 16.7 Å². The number of hydrogen-bond acceptors (Lipinski definition) is 4. The number of benzene rings is 2. The summed E-state index contributed by atoms with van der Waals surface area (Å²) in [5.41, 5.74) is 2.34. The third kappa shape index (κ3) is 3.91. The maximum atomic E-state index is 13.0. The van der Waals surface area contributed by atoms with Crippen LogP contribution in [-0.4, -0.2) is 20.3 Å². The van der Waals surface area contributed by atoms with Crippen LogP contribution >= 0.6 is 0 Å². The van der Waals surface area contributed by atoms with Crippen molar-refractivity contribution in [1.82, 2.24) is 14.1 Å². The van der Waals surface area contributed by atoms with Crippen molar-refractivity contribution in [3.8, 4) is 0 Å². The Kier molecular flexibility index (Phi) is 5.16. The molecule has 0 bridgehead atoms. The summed E-state index contributed by atoms with van der Waals surface area (Å²) in [6.07, 6.45) is 3.32. The number of hydrogen-bond donors (Lipinski definition) is 0. The Hall–Kier alpha value is -3.80. The summed E-state index contributed by atoms with van der Waals surface area (Å²) in [4.78, 5) is 34.5. The zero-order valence-electron chi connectivity index (χ0n) is 16.0. The van der Waals surface area contributed by atoms with E-state index in [1.165, 1.54) is 9.13 Å². The minimum Gasteiger partial charge on any atom is -0.288 e. The quantitative estimate of drug-likeness (QED) is 0.497. The Morgan fingerprint density at radius 2 is 1.62 bits per heavy atom. The number of aliphatic imine (C=N–C) groups is 1. The van der Waals surface area contributed by atoms with E-state index in [9.17, 15) is 9.59 Å². The highest BCUT2D eigenvalue weighted by Gasteiger charge is 2.12. The number of rotatable bonds is 5. The Morgan fingerprint density at radius 3 is 2.31 bits per heavy atom. The van der Waals surface area contributed by atoms with Crippen molar-refractivity contribution < 1.29 is 0 Å². The van der Waals surface area contributed by atoms with Crippen molar-refractivity contribution in [3.63, 3.8) is 0 Å². The molecule has 0 saturated carbocycles. The molecular formula is C23H20N4O2. The fourth-order valence-electron chi connectivity index (χ4n) is 3.22. The van der Waals surface area contributed by atoms with Gasteiger partial charge in [-0.05, 0) is 17.2 Å². The van der Waals surface area contributed by atoms with Crippen LogP contribution in [-0.2, 0) is 20.1 Å². The molecule has 2 aromatic heterocycles. The smallest absolute Gasteiger partial charge is 0.288 e. The first-order valence-corrected chi connectivity index (χ1v) is 9.31. The molecule has 29 heavy (non-hydrogen) atoms. The van der Waals surface area contributed by atoms with Crippen LogP contribution in [0.5, 0.6) is 0 Å². The summed E-state index contributed by atoms with van der Waals surface area (Å²) >= 11 is 0. The van der Waals surface area contributed by atoms with Crippen LogP contribution in [0, 0.1) is 0 Å². The van der Waals surface area contributed by atoms with Gasteiger partial charge in [0, 0.05) is 25.0 Å². The van der Waals surface area contributed by atoms with Crippen LogP contribution < -0.4 is 11.2 Å². The standard InChI is InChI=1S/C23H20N4O2/c1-26-21-20(22(28)27(23(26)29)16-18-10-6-3-7-11-18)12-19(15-25-21)14-24-13-17-8-4-2-5-9-17/h2-12,14-15H,13,16H2,1H3. The van der Waals surface area contributed by atoms with Gasteiger partial charge in [0.05, 0.1) is 18.5 Å². The molecule has 0 unspecified atom stereocenters. The predicted octanol–water partition coefficient (Wildman–Crippen LogP) is 2.76. The highest BCUT2D eigenvalue weighted by molar-refractivity contribution is 5.86. The van der Waals surface area contributed by atoms with Gasteiger partial charge in [-0.1, -0.05) is 60.7 Å². The highest BCUT2D eigenvalue weighted by Crippen LogP contribution is 2.08. The molecule has 0 amide bonds. The van der Waals surface area contributed by atoms with Crippen molar-refractivity contribution in [2.45, 2.75) is 13.1 Å². The van der Waals surface area contributed by atoms with Gasteiger partial charge < -0.3 is 0 Å². The lowest BCUT2D eigenvalue weighted by Gasteiger charge is -2.10. The second-order valence-electron chi connectivity index (χ2n) is 6.81. The van der Waals surface area contributed by atoms with E-state index in [-0.39, 0.29) is 17.8 Å². The topological polar surface area (TPSA) is 69.2 Å². The average Bonchev–Trinajstić information content (AvgIpc) is 2.76. The van der Waals surface area contributed by atoms with Crippen LogP contribution in [0.2, 0.25) is 0 Å². The van der Waals surface area contributed by atoms with E-state index in [2.05, 4.69) is 9.98 Å². The lowest BCUT2D eigenvalue weighted by atomic mass is 10.2. The molecule has 0 N–H and O–H groups in total. The lowest BCUT2D eigenvalue weighted by molar-refractivity contribution is 0.657. The summed E-state index contributed by atoms with van der Waals surface area (Å²) in [5.74, 6) is 0. The molecule has 0 saturated heterocycles. The van der Waals surface area contributed by atoms with E-state index in [1.807, 2.05) is 60.7 Å². The van der Waals surface area contributed by atoms with Gasteiger partial charge in [-0.3, -0.25) is 18.9 Å². The molecule has 4 rings (SSSR count). The molecule has 0 aliphatic heterocycles. The fraction of sp³-hybridized carbons (Fsp3) is 0.130. The third-order valence-electron chi connectivity index (χ3n) is 4.74. The van der Waals surface area contributed by atoms with Gasteiger partial charge in [-0.25, -0.2) is 9.78 Å². The van der Waals surface area contributed by atoms with Gasteiger partial charge >= 0.3 is 5.69 Å². The minimum atomic E-state index is -0.385. The molecule has 2 aromatic carbocycles. The molecular weight excluding hydrogens is 364 g/mol. The number of nitrogens with zero attached hydrogens (tertiary/aromatic N) is 4. The summed E-state index contributed by atoms with van der Waals surface area (Å²) in [6.45, 7) is 0.763. The Labute approximate surface area is 167 Å². The molecule has 0 aliphatic rings. The Balaban J connectivity index is 1.72. The largest absolute Gasteiger partial charge is 0.332 e. The van der Waals surface area contributed by atoms with E-state index < -0.39 is 0 Å². The molecule has 0 radical (unpaired) electrons. The van der Waals surface area contributed by atoms with Crippen molar-refractivity contribution in [2.75, 3.05) is 0 Å². The van der Waals surface area contributed by atoms with Crippen molar-refractivity contribution in [1.29, 1.82) is 0 Å². The summed E-state index contributed by atoms with van der Waals surface area (Å²) < 4.78 is 2.65. The van der Waals surface area contributed by atoms with Gasteiger partial charge in [-0.15, -0.1) is 0 Å². The normalized spacial score (nSPS) is 11.3. The first-order valence-electron chi connectivity index (χ1n) is 9.31. The van der Waals surface area contributed by atoms with Gasteiger partial charge in [0.25, 0.3) is 5.56 Å². The van der Waals surface area contributed by atoms with Crippen LogP contribution in [0.4, 0.5) is 0 Å². The SMILES string of the molecule is Cn1c(=O)n(Cc2ccccc2)c(=O)c2cc(C=NCc3ccccc3)cnc21. The molecule has 0 atom stereocenters. The first kappa shape index (κ1) is 18.6. The van der Waals surface area contributed by atoms with Crippen molar-refractivity contribution >= 4 is 17.2 Å². The molecule has 6 heteroatoms. The van der Waals surface area contributed by atoms with Crippen molar-refractivity contribution in [2.24, 2.45) is 12.0 Å². The summed E-state index contributed by atoms with van der Waals surface area (Å²) in [5, 5.41) is 0.395. The summed E-state index contributed by atoms with van der Waals surface area (Å²) in [6, 6.07) is 21.1.